The predicted molar refractivity (Wildman–Crippen MR) is 114 cm³/mol. The molecule has 3 aromatic rings. The second-order valence-electron chi connectivity index (χ2n) is 7.06. The van der Waals surface area contributed by atoms with Gasteiger partial charge in [-0.2, -0.15) is 5.21 Å². The average Bonchev–Trinajstić information content (AvgIpc) is 3.43. The first kappa shape index (κ1) is 19.4. The number of carbonyl (C=O) groups excluding carboxylic acids is 1. The number of aromatic nitrogens is 4. The highest BCUT2D eigenvalue weighted by atomic mass is 16.1. The van der Waals surface area contributed by atoms with Crippen LogP contribution in [0.15, 0.2) is 60.4 Å². The SMILES string of the molecule is C#CC1N(CCC)C=C(C=O)N1Cc1ccc(-c2ccccc2-c2nn[nH]n2)cc1. The Labute approximate surface area is 175 Å². The molecule has 0 saturated carbocycles. The molecule has 30 heavy (non-hydrogen) atoms. The summed E-state index contributed by atoms with van der Waals surface area (Å²) in [5.74, 6) is 3.37. The molecular formula is C23H22N6O. The Bertz CT molecular complexity index is 1080. The number of H-pyrrole nitrogens is 1. The number of benzene rings is 2. The fourth-order valence-corrected chi connectivity index (χ4v) is 3.73. The molecule has 1 aromatic heterocycles. The van der Waals surface area contributed by atoms with Crippen LogP contribution in [0.5, 0.6) is 0 Å². The van der Waals surface area contributed by atoms with Gasteiger partial charge >= 0.3 is 0 Å². The summed E-state index contributed by atoms with van der Waals surface area (Å²) in [6.07, 6.45) is 9.22. The molecule has 1 aliphatic heterocycles. The number of tetrazole rings is 1. The van der Waals surface area contributed by atoms with Gasteiger partial charge in [-0.1, -0.05) is 61.4 Å². The number of aldehydes is 1. The topological polar surface area (TPSA) is 78.0 Å². The average molecular weight is 398 g/mol. The van der Waals surface area contributed by atoms with Crippen molar-refractivity contribution in [2.75, 3.05) is 6.54 Å². The first-order valence-electron chi connectivity index (χ1n) is 9.82. The molecule has 1 aliphatic rings. The molecule has 0 amide bonds. The minimum absolute atomic E-state index is 0.246. The highest BCUT2D eigenvalue weighted by Gasteiger charge is 2.29. The Morgan fingerprint density at radius 1 is 1.17 bits per heavy atom. The van der Waals surface area contributed by atoms with Crippen LogP contribution in [0.1, 0.15) is 18.9 Å². The fourth-order valence-electron chi connectivity index (χ4n) is 3.73. The molecule has 2 aromatic carbocycles. The highest BCUT2D eigenvalue weighted by Crippen LogP contribution is 2.30. The molecule has 0 bridgehead atoms. The molecule has 150 valence electrons. The smallest absolute Gasteiger partial charge is 0.205 e. The van der Waals surface area contributed by atoms with Gasteiger partial charge in [0.2, 0.25) is 5.82 Å². The molecule has 0 radical (unpaired) electrons. The summed E-state index contributed by atoms with van der Waals surface area (Å²) < 4.78 is 0. The lowest BCUT2D eigenvalue weighted by molar-refractivity contribution is -0.106. The predicted octanol–water partition coefficient (Wildman–Crippen LogP) is 3.06. The Hall–Kier alpha value is -3.92. The molecule has 0 spiro atoms. The number of aromatic amines is 1. The minimum Gasteiger partial charge on any atom is -0.345 e. The molecule has 2 heterocycles. The third-order valence-corrected chi connectivity index (χ3v) is 5.12. The molecule has 4 rings (SSSR count). The minimum atomic E-state index is -0.246. The third-order valence-electron chi connectivity index (χ3n) is 5.12. The molecular weight excluding hydrogens is 376 g/mol. The second-order valence-corrected chi connectivity index (χ2v) is 7.06. The van der Waals surface area contributed by atoms with Crippen LogP contribution in [-0.2, 0) is 11.3 Å². The maximum atomic E-state index is 11.6. The maximum absolute atomic E-state index is 11.6. The Balaban J connectivity index is 1.58. The van der Waals surface area contributed by atoms with E-state index in [1.54, 1.807) is 0 Å². The van der Waals surface area contributed by atoms with E-state index >= 15 is 0 Å². The number of carbonyl (C=O) groups is 1. The standard InChI is InChI=1S/C23H22N6O/c1-3-13-28-15-19(16-30)29(22(28)4-2)14-17-9-11-18(12-10-17)20-7-5-6-8-21(20)23-24-26-27-25-23/h2,5-12,15-16,22H,3,13-14H2,1H3,(H,24,25,26,27). The van der Waals surface area contributed by atoms with E-state index in [9.17, 15) is 4.79 Å². The third kappa shape index (κ3) is 3.67. The van der Waals surface area contributed by atoms with E-state index in [2.05, 4.69) is 57.7 Å². The number of nitrogens with one attached hydrogen (secondary N) is 1. The van der Waals surface area contributed by atoms with Crippen LogP contribution in [0.2, 0.25) is 0 Å². The van der Waals surface area contributed by atoms with Crippen LogP contribution in [-0.4, -0.2) is 49.4 Å². The van der Waals surface area contributed by atoms with E-state index in [0.717, 1.165) is 41.5 Å². The summed E-state index contributed by atoms with van der Waals surface area (Å²) >= 11 is 0. The number of terminal acetylenes is 1. The van der Waals surface area contributed by atoms with Crippen molar-refractivity contribution in [1.29, 1.82) is 0 Å². The van der Waals surface area contributed by atoms with Gasteiger partial charge in [0, 0.05) is 24.9 Å². The van der Waals surface area contributed by atoms with Gasteiger partial charge in [-0.3, -0.25) is 4.79 Å². The van der Waals surface area contributed by atoms with Gasteiger partial charge in [-0.15, -0.1) is 16.6 Å². The lowest BCUT2D eigenvalue weighted by Crippen LogP contribution is -2.38. The number of rotatable bonds is 7. The van der Waals surface area contributed by atoms with Crippen molar-refractivity contribution in [3.8, 4) is 34.9 Å². The lowest BCUT2D eigenvalue weighted by atomic mass is 9.98. The van der Waals surface area contributed by atoms with Crippen LogP contribution in [0, 0.1) is 12.3 Å². The van der Waals surface area contributed by atoms with Crippen molar-refractivity contribution in [3.63, 3.8) is 0 Å². The zero-order chi connectivity index (χ0) is 20.9. The number of hydrogen-bond donors (Lipinski definition) is 1. The van der Waals surface area contributed by atoms with E-state index in [-0.39, 0.29) is 6.17 Å². The normalized spacial score (nSPS) is 15.7. The molecule has 0 aliphatic carbocycles. The number of nitrogens with zero attached hydrogens (tertiary/aromatic N) is 5. The Morgan fingerprint density at radius 3 is 2.57 bits per heavy atom. The van der Waals surface area contributed by atoms with Gasteiger partial charge in [-0.05, 0) is 28.3 Å². The second kappa shape index (κ2) is 8.62. The first-order valence-corrected chi connectivity index (χ1v) is 9.82. The molecule has 7 nitrogen and oxygen atoms in total. The van der Waals surface area contributed by atoms with E-state index in [1.807, 2.05) is 40.3 Å². The van der Waals surface area contributed by atoms with E-state index in [1.165, 1.54) is 0 Å². The van der Waals surface area contributed by atoms with Crippen molar-refractivity contribution in [2.45, 2.75) is 26.1 Å². The zero-order valence-corrected chi connectivity index (χ0v) is 16.7. The molecule has 1 N–H and O–H groups in total. The molecule has 7 heteroatoms. The summed E-state index contributed by atoms with van der Waals surface area (Å²) in [5, 5.41) is 14.4. The molecule has 1 atom stereocenters. The summed E-state index contributed by atoms with van der Waals surface area (Å²) in [7, 11) is 0. The van der Waals surface area contributed by atoms with Crippen LogP contribution >= 0.6 is 0 Å². The zero-order valence-electron chi connectivity index (χ0n) is 16.7. The molecule has 0 fully saturated rings. The van der Waals surface area contributed by atoms with Crippen LogP contribution in [0.4, 0.5) is 0 Å². The van der Waals surface area contributed by atoms with Gasteiger partial charge in [0.05, 0.1) is 5.70 Å². The monoisotopic (exact) mass is 398 g/mol. The van der Waals surface area contributed by atoms with Crippen LogP contribution < -0.4 is 0 Å². The highest BCUT2D eigenvalue weighted by molar-refractivity contribution is 5.80. The van der Waals surface area contributed by atoms with Crippen molar-refractivity contribution < 1.29 is 4.79 Å². The first-order chi connectivity index (χ1) is 14.7. The molecule has 1 unspecified atom stereocenters. The maximum Gasteiger partial charge on any atom is 0.205 e. The summed E-state index contributed by atoms with van der Waals surface area (Å²) in [4.78, 5) is 15.6. The van der Waals surface area contributed by atoms with Gasteiger partial charge in [-0.25, -0.2) is 0 Å². The van der Waals surface area contributed by atoms with E-state index in [0.29, 0.717) is 18.1 Å². The van der Waals surface area contributed by atoms with Gasteiger partial charge in [0.1, 0.15) is 0 Å². The Kier molecular flexibility index (Phi) is 5.57. The van der Waals surface area contributed by atoms with E-state index < -0.39 is 0 Å². The summed E-state index contributed by atoms with van der Waals surface area (Å²) in [6, 6.07) is 16.2. The van der Waals surface area contributed by atoms with Gasteiger partial charge < -0.3 is 9.80 Å². The summed E-state index contributed by atoms with van der Waals surface area (Å²) in [5.41, 5.74) is 4.66. The van der Waals surface area contributed by atoms with Crippen molar-refractivity contribution in [1.82, 2.24) is 30.4 Å². The summed E-state index contributed by atoms with van der Waals surface area (Å²) in [6.45, 7) is 3.47. The van der Waals surface area contributed by atoms with Crippen molar-refractivity contribution >= 4 is 6.29 Å². The number of allylic oxidation sites excluding steroid dienone is 1. The fraction of sp³-hybridized carbons (Fsp3) is 0.217. The van der Waals surface area contributed by atoms with Crippen molar-refractivity contribution in [2.24, 2.45) is 0 Å². The lowest BCUT2D eigenvalue weighted by Gasteiger charge is -2.29. The molecule has 0 saturated heterocycles. The quantitative estimate of drug-likeness (QED) is 0.487. The van der Waals surface area contributed by atoms with Crippen molar-refractivity contribution in [3.05, 3.63) is 66.0 Å². The van der Waals surface area contributed by atoms with Crippen LogP contribution in [0.3, 0.4) is 0 Å². The van der Waals surface area contributed by atoms with Crippen LogP contribution in [0.25, 0.3) is 22.5 Å². The van der Waals surface area contributed by atoms with Gasteiger partial charge in [0.15, 0.2) is 12.5 Å². The Morgan fingerprint density at radius 2 is 1.93 bits per heavy atom. The van der Waals surface area contributed by atoms with E-state index in [4.69, 9.17) is 6.42 Å². The number of hydrogen-bond acceptors (Lipinski definition) is 6. The largest absolute Gasteiger partial charge is 0.345 e. The van der Waals surface area contributed by atoms with Gasteiger partial charge in [0.25, 0.3) is 0 Å².